The van der Waals surface area contributed by atoms with Crippen molar-refractivity contribution >= 4 is 12.6 Å². The first-order chi connectivity index (χ1) is 9.61. The van der Waals surface area contributed by atoms with Crippen LogP contribution in [-0.2, 0) is 0 Å². The average molecular weight is 292 g/mol. The first kappa shape index (κ1) is 15.8. The van der Waals surface area contributed by atoms with Gasteiger partial charge in [0.1, 0.15) is 0 Å². The van der Waals surface area contributed by atoms with Crippen molar-refractivity contribution in [1.29, 1.82) is 0 Å². The molecule has 0 aromatic heterocycles. The van der Waals surface area contributed by atoms with E-state index in [1.54, 1.807) is 0 Å². The summed E-state index contributed by atoms with van der Waals surface area (Å²) in [4.78, 5) is 1.29. The van der Waals surface area contributed by atoms with Crippen molar-refractivity contribution in [2.75, 3.05) is 6.54 Å². The Labute approximate surface area is 130 Å². The van der Waals surface area contributed by atoms with Crippen molar-refractivity contribution in [3.63, 3.8) is 0 Å². The molecule has 1 fully saturated rings. The van der Waals surface area contributed by atoms with Gasteiger partial charge in [-0.05, 0) is 66.4 Å². The van der Waals surface area contributed by atoms with Crippen LogP contribution in [0.15, 0.2) is 34.4 Å². The largest absolute Gasteiger partial charge is 0.385 e. The predicted molar refractivity (Wildman–Crippen MR) is 91.9 cm³/mol. The third-order valence-electron chi connectivity index (χ3n) is 4.47. The van der Waals surface area contributed by atoms with Crippen LogP contribution in [-0.4, -0.2) is 6.54 Å². The molecule has 0 saturated heterocycles. The van der Waals surface area contributed by atoms with Gasteiger partial charge in [0.15, 0.2) is 0 Å². The van der Waals surface area contributed by atoms with Crippen LogP contribution in [0.3, 0.4) is 0 Å². The fourth-order valence-electron chi connectivity index (χ4n) is 2.60. The predicted octanol–water partition coefficient (Wildman–Crippen LogP) is 5.23. The summed E-state index contributed by atoms with van der Waals surface area (Å²) in [5, 5.41) is 3.55. The van der Waals surface area contributed by atoms with E-state index in [4.69, 9.17) is 12.6 Å². The van der Waals surface area contributed by atoms with Gasteiger partial charge in [-0.3, -0.25) is 0 Å². The van der Waals surface area contributed by atoms with Crippen molar-refractivity contribution in [2.45, 2.75) is 58.8 Å². The summed E-state index contributed by atoms with van der Waals surface area (Å²) in [6, 6.07) is 0. The quantitative estimate of drug-likeness (QED) is 0.483. The first-order valence-corrected chi connectivity index (χ1v) is 8.62. The molecule has 0 heterocycles. The minimum absolute atomic E-state index is 0.699. The molecule has 1 atom stereocenters. The lowest BCUT2D eigenvalue weighted by molar-refractivity contribution is 0.531. The maximum atomic E-state index is 4.73. The van der Waals surface area contributed by atoms with Crippen molar-refractivity contribution in [1.82, 2.24) is 5.32 Å². The van der Waals surface area contributed by atoms with E-state index in [0.29, 0.717) is 5.92 Å². The molecule has 2 heteroatoms. The second kappa shape index (κ2) is 7.40. The lowest BCUT2D eigenvalue weighted by atomic mass is 9.90. The number of hydrogen-bond donors (Lipinski definition) is 2. The molecule has 0 aromatic carbocycles. The molecular formula is C18H29NS. The zero-order valence-electron chi connectivity index (χ0n) is 13.0. The van der Waals surface area contributed by atoms with Crippen molar-refractivity contribution in [3.8, 4) is 0 Å². The first-order valence-electron chi connectivity index (χ1n) is 8.18. The normalized spacial score (nSPS) is 21.9. The molecular weight excluding hydrogens is 262 g/mol. The highest BCUT2D eigenvalue weighted by Crippen LogP contribution is 2.38. The van der Waals surface area contributed by atoms with Crippen LogP contribution in [0.4, 0.5) is 0 Å². The summed E-state index contributed by atoms with van der Waals surface area (Å²) in [5.74, 6) is 1.48. The van der Waals surface area contributed by atoms with E-state index in [2.05, 4.69) is 31.8 Å². The van der Waals surface area contributed by atoms with Crippen LogP contribution in [0, 0.1) is 11.8 Å². The molecule has 2 rings (SSSR count). The van der Waals surface area contributed by atoms with Gasteiger partial charge in [0.25, 0.3) is 0 Å². The topological polar surface area (TPSA) is 12.0 Å². The molecule has 0 aromatic rings. The molecule has 2 aliphatic carbocycles. The summed E-state index contributed by atoms with van der Waals surface area (Å²) in [6.07, 6.45) is 11.2. The van der Waals surface area contributed by atoms with Gasteiger partial charge >= 0.3 is 0 Å². The Bertz CT molecular complexity index is 415. The Morgan fingerprint density at radius 3 is 2.70 bits per heavy atom. The van der Waals surface area contributed by atoms with E-state index in [1.807, 2.05) is 0 Å². The summed E-state index contributed by atoms with van der Waals surface area (Å²) < 4.78 is 0. The van der Waals surface area contributed by atoms with Crippen LogP contribution in [0.25, 0.3) is 0 Å². The maximum Gasteiger partial charge on any atom is 0.0340 e. The highest BCUT2D eigenvalue weighted by atomic mass is 32.1. The molecule has 1 nitrogen and oxygen atoms in total. The number of allylic oxidation sites excluding steroid dienone is 3. The Morgan fingerprint density at radius 1 is 1.40 bits per heavy atom. The highest BCUT2D eigenvalue weighted by molar-refractivity contribution is 7.84. The lowest BCUT2D eigenvalue weighted by Crippen LogP contribution is -2.22. The van der Waals surface area contributed by atoms with Crippen LogP contribution in [0.5, 0.6) is 0 Å². The smallest absolute Gasteiger partial charge is 0.0340 e. The SMILES string of the molecule is C=C(NCC(C)CC)/C(=C\C1CC1)C1=C(S)CCCC1. The van der Waals surface area contributed by atoms with E-state index >= 15 is 0 Å². The summed E-state index contributed by atoms with van der Waals surface area (Å²) in [6.45, 7) is 9.85. The minimum Gasteiger partial charge on any atom is -0.385 e. The number of hydrogen-bond acceptors (Lipinski definition) is 2. The number of nitrogens with one attached hydrogen (secondary N) is 1. The Kier molecular flexibility index (Phi) is 5.83. The molecule has 20 heavy (non-hydrogen) atoms. The van der Waals surface area contributed by atoms with Gasteiger partial charge < -0.3 is 5.32 Å². The Balaban J connectivity index is 2.09. The Morgan fingerprint density at radius 2 is 2.10 bits per heavy atom. The molecule has 0 spiro atoms. The maximum absolute atomic E-state index is 4.73. The van der Waals surface area contributed by atoms with Gasteiger partial charge in [0, 0.05) is 12.2 Å². The number of rotatable bonds is 7. The minimum atomic E-state index is 0.699. The van der Waals surface area contributed by atoms with Crippen molar-refractivity contribution in [3.05, 3.63) is 34.4 Å². The highest BCUT2D eigenvalue weighted by Gasteiger charge is 2.23. The summed E-state index contributed by atoms with van der Waals surface area (Å²) in [5.41, 5.74) is 3.93. The fraction of sp³-hybridized carbons (Fsp3) is 0.667. The zero-order chi connectivity index (χ0) is 14.5. The van der Waals surface area contributed by atoms with Crippen LogP contribution in [0.2, 0.25) is 0 Å². The van der Waals surface area contributed by atoms with Gasteiger partial charge in [-0.2, -0.15) is 0 Å². The van der Waals surface area contributed by atoms with Crippen molar-refractivity contribution in [2.24, 2.45) is 11.8 Å². The van der Waals surface area contributed by atoms with Gasteiger partial charge in [0.05, 0.1) is 0 Å². The van der Waals surface area contributed by atoms with Crippen LogP contribution >= 0.6 is 12.6 Å². The molecule has 112 valence electrons. The lowest BCUT2D eigenvalue weighted by Gasteiger charge is -2.23. The second-order valence-corrected chi connectivity index (χ2v) is 6.96. The molecule has 1 unspecified atom stereocenters. The average Bonchev–Trinajstić information content (AvgIpc) is 3.26. The molecule has 1 N–H and O–H groups in total. The third-order valence-corrected chi connectivity index (χ3v) is 4.97. The van der Waals surface area contributed by atoms with Gasteiger partial charge in [0.2, 0.25) is 0 Å². The van der Waals surface area contributed by atoms with Gasteiger partial charge in [-0.25, -0.2) is 0 Å². The van der Waals surface area contributed by atoms with E-state index in [1.165, 1.54) is 54.6 Å². The monoisotopic (exact) mass is 291 g/mol. The Hall–Kier alpha value is -0.630. The number of thiol groups is 1. The molecule has 1 saturated carbocycles. The van der Waals surface area contributed by atoms with Gasteiger partial charge in [-0.1, -0.05) is 32.9 Å². The molecule has 2 aliphatic rings. The molecule has 0 aliphatic heterocycles. The van der Waals surface area contributed by atoms with E-state index in [-0.39, 0.29) is 0 Å². The van der Waals surface area contributed by atoms with Crippen LogP contribution < -0.4 is 5.32 Å². The van der Waals surface area contributed by atoms with E-state index in [9.17, 15) is 0 Å². The van der Waals surface area contributed by atoms with Gasteiger partial charge in [-0.15, -0.1) is 12.6 Å². The fourth-order valence-corrected chi connectivity index (χ4v) is 2.99. The summed E-state index contributed by atoms with van der Waals surface area (Å²) >= 11 is 4.73. The van der Waals surface area contributed by atoms with Crippen LogP contribution in [0.1, 0.15) is 58.8 Å². The standard InChI is InChI=1S/C18H29NS/c1-4-13(2)12-19-14(3)17(11-15-9-10-15)16-7-5-6-8-18(16)20/h11,13,15,19-20H,3-10,12H2,1-2H3/b17-11+. The molecule has 0 radical (unpaired) electrons. The zero-order valence-corrected chi connectivity index (χ0v) is 13.9. The molecule has 0 bridgehead atoms. The van der Waals surface area contributed by atoms with Crippen molar-refractivity contribution < 1.29 is 0 Å². The second-order valence-electron chi connectivity index (χ2n) is 6.42. The van der Waals surface area contributed by atoms with E-state index in [0.717, 1.165) is 24.6 Å². The van der Waals surface area contributed by atoms with E-state index < -0.39 is 0 Å². The third kappa shape index (κ3) is 4.44. The summed E-state index contributed by atoms with van der Waals surface area (Å²) in [7, 11) is 0. The molecule has 0 amide bonds.